The summed E-state index contributed by atoms with van der Waals surface area (Å²) in [6, 6.07) is 0.165. The van der Waals surface area contributed by atoms with Gasteiger partial charge >= 0.3 is 5.97 Å². The number of carbonyl (C=O) groups is 2. The molecule has 0 saturated carbocycles. The molecule has 32 heavy (non-hydrogen) atoms. The zero-order valence-corrected chi connectivity index (χ0v) is 20.1. The molecule has 1 unspecified atom stereocenters. The number of benzene rings is 1. The smallest absolute Gasteiger partial charge is 0.342 e. The van der Waals surface area contributed by atoms with Gasteiger partial charge in [0, 0.05) is 30.2 Å². The molecule has 7 heteroatoms. The zero-order chi connectivity index (χ0) is 23.5. The average Bonchev–Trinajstić information content (AvgIpc) is 3.12. The van der Waals surface area contributed by atoms with Crippen molar-refractivity contribution in [1.29, 1.82) is 0 Å². The number of carbonyl (C=O) groups excluding carboxylic acids is 2. The monoisotopic (exact) mass is 445 g/mol. The van der Waals surface area contributed by atoms with Gasteiger partial charge in [-0.25, -0.2) is 4.79 Å². The third-order valence-corrected chi connectivity index (χ3v) is 6.29. The van der Waals surface area contributed by atoms with Crippen molar-refractivity contribution in [2.24, 2.45) is 0 Å². The van der Waals surface area contributed by atoms with Gasteiger partial charge in [0.15, 0.2) is 0 Å². The van der Waals surface area contributed by atoms with E-state index in [1.165, 1.54) is 0 Å². The number of allylic oxidation sites excluding steroid dienone is 2. The molecule has 0 spiro atoms. The maximum absolute atomic E-state index is 12.4. The zero-order valence-electron chi connectivity index (χ0n) is 20.1. The predicted octanol–water partition coefficient (Wildman–Crippen LogP) is 4.03. The number of hydrogen-bond donors (Lipinski definition) is 1. The van der Waals surface area contributed by atoms with Crippen LogP contribution >= 0.6 is 0 Å². The first-order valence-corrected chi connectivity index (χ1v) is 11.2. The van der Waals surface area contributed by atoms with E-state index in [0.29, 0.717) is 42.9 Å². The lowest BCUT2D eigenvalue weighted by molar-refractivity contribution is -0.124. The molecule has 1 saturated heterocycles. The van der Waals surface area contributed by atoms with E-state index in [1.54, 1.807) is 14.2 Å². The van der Waals surface area contributed by atoms with Gasteiger partial charge in [-0.1, -0.05) is 11.6 Å². The number of esters is 1. The van der Waals surface area contributed by atoms with E-state index >= 15 is 0 Å². The highest BCUT2D eigenvalue weighted by Crippen LogP contribution is 2.42. The van der Waals surface area contributed by atoms with E-state index in [2.05, 4.69) is 25.2 Å². The molecule has 7 nitrogen and oxygen atoms in total. The Hall–Kier alpha value is -2.54. The Morgan fingerprint density at radius 3 is 2.59 bits per heavy atom. The van der Waals surface area contributed by atoms with Crippen LogP contribution in [0.15, 0.2) is 11.6 Å². The van der Waals surface area contributed by atoms with Crippen LogP contribution in [0.25, 0.3) is 0 Å². The molecule has 2 aliphatic rings. The summed E-state index contributed by atoms with van der Waals surface area (Å²) in [5.74, 6) is 0.918. The van der Waals surface area contributed by atoms with Gasteiger partial charge in [-0.2, -0.15) is 0 Å². The topological polar surface area (TPSA) is 83.1 Å². The number of ether oxygens (including phenoxy) is 4. The Balaban J connectivity index is 1.66. The molecule has 0 aromatic heterocycles. The highest BCUT2D eigenvalue weighted by molar-refractivity contribution is 5.98. The molecule has 2 aliphatic heterocycles. The molecule has 3 rings (SSSR count). The van der Waals surface area contributed by atoms with Gasteiger partial charge in [-0.05, 0) is 58.9 Å². The molecule has 176 valence electrons. The van der Waals surface area contributed by atoms with Crippen LogP contribution in [0.4, 0.5) is 0 Å². The number of fused-ring (bicyclic) bond motifs is 1. The molecule has 2 heterocycles. The number of cyclic esters (lactones) is 1. The first-order chi connectivity index (χ1) is 15.2. The Bertz CT molecular complexity index is 918. The van der Waals surface area contributed by atoms with E-state index in [4.69, 9.17) is 18.9 Å². The van der Waals surface area contributed by atoms with Crippen LogP contribution in [-0.2, 0) is 27.3 Å². The summed E-state index contributed by atoms with van der Waals surface area (Å²) in [4.78, 5) is 24.7. The Morgan fingerprint density at radius 1 is 1.22 bits per heavy atom. The summed E-state index contributed by atoms with van der Waals surface area (Å²) in [6.07, 6.45) is 5.38. The molecule has 1 atom stereocenters. The molecule has 1 amide bonds. The van der Waals surface area contributed by atoms with Gasteiger partial charge in [0.2, 0.25) is 5.91 Å². The van der Waals surface area contributed by atoms with Crippen molar-refractivity contribution in [1.82, 2.24) is 5.32 Å². The summed E-state index contributed by atoms with van der Waals surface area (Å²) >= 11 is 0. The predicted molar refractivity (Wildman–Crippen MR) is 121 cm³/mol. The molecule has 1 N–H and O–H groups in total. The van der Waals surface area contributed by atoms with Crippen LogP contribution in [0.2, 0.25) is 0 Å². The van der Waals surface area contributed by atoms with Crippen LogP contribution < -0.4 is 14.8 Å². The fourth-order valence-electron chi connectivity index (χ4n) is 4.58. The Labute approximate surface area is 190 Å². The third-order valence-electron chi connectivity index (χ3n) is 6.29. The van der Waals surface area contributed by atoms with Gasteiger partial charge in [-0.3, -0.25) is 4.79 Å². The summed E-state index contributed by atoms with van der Waals surface area (Å²) in [5.41, 5.74) is 3.93. The van der Waals surface area contributed by atoms with Crippen molar-refractivity contribution in [2.45, 2.75) is 78.0 Å². The molecule has 1 fully saturated rings. The summed E-state index contributed by atoms with van der Waals surface area (Å²) in [7, 11) is 3.17. The minimum atomic E-state index is -0.363. The highest BCUT2D eigenvalue weighted by Gasteiger charge is 2.33. The van der Waals surface area contributed by atoms with Crippen molar-refractivity contribution >= 4 is 11.9 Å². The SMILES string of the molecule is COc1c(C)c2c(c(OC)c1CC=C(C)CCC(=O)NC1CCOC(C)(C)C1)C(=O)OC2. The summed E-state index contributed by atoms with van der Waals surface area (Å²) in [6.45, 7) is 8.97. The van der Waals surface area contributed by atoms with E-state index in [1.807, 2.05) is 13.8 Å². The third kappa shape index (κ3) is 5.26. The summed E-state index contributed by atoms with van der Waals surface area (Å²) < 4.78 is 22.2. The van der Waals surface area contributed by atoms with Crippen molar-refractivity contribution in [3.8, 4) is 11.5 Å². The minimum absolute atomic E-state index is 0.0618. The first kappa shape index (κ1) is 24.1. The lowest BCUT2D eigenvalue weighted by atomic mass is 9.93. The lowest BCUT2D eigenvalue weighted by Gasteiger charge is -2.35. The van der Waals surface area contributed by atoms with Crippen LogP contribution in [-0.4, -0.2) is 44.3 Å². The van der Waals surface area contributed by atoms with Crippen molar-refractivity contribution < 1.29 is 28.5 Å². The van der Waals surface area contributed by atoms with Crippen LogP contribution in [0.3, 0.4) is 0 Å². The number of hydrogen-bond acceptors (Lipinski definition) is 6. The molecule has 1 aromatic carbocycles. The van der Waals surface area contributed by atoms with Crippen molar-refractivity contribution in [3.63, 3.8) is 0 Å². The van der Waals surface area contributed by atoms with Gasteiger partial charge in [-0.15, -0.1) is 0 Å². The standard InChI is InChI=1S/C25H35NO6/c1-15(8-10-20(27)26-17-11-12-32-25(3,4)13-17)7-9-18-22(29-5)16(2)19-14-31-24(28)21(19)23(18)30-6/h7,17H,8-14H2,1-6H3,(H,26,27). The normalized spacial score (nSPS) is 19.9. The maximum Gasteiger partial charge on any atom is 0.342 e. The summed E-state index contributed by atoms with van der Waals surface area (Å²) in [5, 5.41) is 3.14. The van der Waals surface area contributed by atoms with Crippen LogP contribution in [0.1, 0.15) is 73.5 Å². The molecule has 0 radical (unpaired) electrons. The van der Waals surface area contributed by atoms with Gasteiger partial charge < -0.3 is 24.3 Å². The number of methoxy groups -OCH3 is 2. The molecule has 0 aliphatic carbocycles. The maximum atomic E-state index is 12.4. The van der Waals surface area contributed by atoms with E-state index < -0.39 is 0 Å². The van der Waals surface area contributed by atoms with E-state index in [-0.39, 0.29) is 30.1 Å². The minimum Gasteiger partial charge on any atom is -0.496 e. The fraction of sp³-hybridized carbons (Fsp3) is 0.600. The van der Waals surface area contributed by atoms with Crippen LogP contribution in [0.5, 0.6) is 11.5 Å². The van der Waals surface area contributed by atoms with E-state index in [0.717, 1.165) is 35.1 Å². The first-order valence-electron chi connectivity index (χ1n) is 11.2. The second-order valence-corrected chi connectivity index (χ2v) is 9.22. The van der Waals surface area contributed by atoms with E-state index in [9.17, 15) is 9.59 Å². The second kappa shape index (κ2) is 9.94. The Kier molecular flexibility index (Phi) is 7.49. The number of rotatable bonds is 8. The second-order valence-electron chi connectivity index (χ2n) is 9.22. The Morgan fingerprint density at radius 2 is 1.94 bits per heavy atom. The average molecular weight is 446 g/mol. The highest BCUT2D eigenvalue weighted by atomic mass is 16.5. The van der Waals surface area contributed by atoms with Crippen LogP contribution in [0, 0.1) is 6.92 Å². The molecule has 1 aromatic rings. The van der Waals surface area contributed by atoms with Crippen molar-refractivity contribution in [2.75, 3.05) is 20.8 Å². The quantitative estimate of drug-likeness (QED) is 0.481. The van der Waals surface area contributed by atoms with Gasteiger partial charge in [0.1, 0.15) is 23.7 Å². The molecule has 0 bridgehead atoms. The van der Waals surface area contributed by atoms with Crippen molar-refractivity contribution in [3.05, 3.63) is 33.9 Å². The lowest BCUT2D eigenvalue weighted by Crippen LogP contribution is -2.45. The largest absolute Gasteiger partial charge is 0.496 e. The fourth-order valence-corrected chi connectivity index (χ4v) is 4.58. The molecular formula is C25H35NO6. The number of nitrogens with one attached hydrogen (secondary N) is 1. The molecular weight excluding hydrogens is 410 g/mol. The van der Waals surface area contributed by atoms with Gasteiger partial charge in [0.25, 0.3) is 0 Å². The van der Waals surface area contributed by atoms with Gasteiger partial charge in [0.05, 0.1) is 19.8 Å². The number of amides is 1.